The fourth-order valence-electron chi connectivity index (χ4n) is 11.7. The minimum absolute atomic E-state index is 0. The number of fused-ring (bicyclic) bond motifs is 20. The molecule has 1 N–H and O–H groups in total. The first-order valence-corrected chi connectivity index (χ1v) is 44.3. The number of hydrogen-bond acceptors (Lipinski definition) is 17. The molecule has 0 saturated carbocycles. The zero-order chi connectivity index (χ0) is 75.2. The molecule has 104 heavy (non-hydrogen) atoms. The van der Waals surface area contributed by atoms with Crippen LogP contribution >= 0.6 is 69.9 Å². The molecule has 569 valence electrons. The second-order valence-electron chi connectivity index (χ2n) is 30.2. The zero-order valence-electron chi connectivity index (χ0n) is 64.8. The minimum atomic E-state index is -0.583. The van der Waals surface area contributed by atoms with Crippen LogP contribution in [0.3, 0.4) is 0 Å². The molecular weight excluding hydrogens is 1510 g/mol. The van der Waals surface area contributed by atoms with Crippen LogP contribution in [-0.4, -0.2) is 130 Å². The minimum Gasteiger partial charge on any atom is -0.492 e. The van der Waals surface area contributed by atoms with Crippen molar-refractivity contribution in [2.45, 2.75) is 182 Å². The van der Waals surface area contributed by atoms with E-state index in [1.54, 1.807) is 0 Å². The molecule has 0 atom stereocenters. The van der Waals surface area contributed by atoms with Gasteiger partial charge in [0, 0.05) is 62.4 Å². The summed E-state index contributed by atoms with van der Waals surface area (Å²) >= 11 is 34.4. The number of halogens is 4. The van der Waals surface area contributed by atoms with Crippen LogP contribution in [0.4, 0.5) is 0 Å². The Hall–Kier alpha value is -4.42. The van der Waals surface area contributed by atoms with Crippen LogP contribution in [-0.2, 0) is 40.3 Å². The van der Waals surface area contributed by atoms with E-state index in [-0.39, 0.29) is 148 Å². The average molecular weight is 1620 g/mol. The van der Waals surface area contributed by atoms with Gasteiger partial charge in [0.15, 0.2) is 51.7 Å². The number of nitrogens with zero attached hydrogens (tertiary/aromatic N) is 8. The molecule has 0 spiro atoms. The Morgan fingerprint density at radius 3 is 0.885 bits per heavy atom. The number of thioether (sulfide) groups is 2. The van der Waals surface area contributed by atoms with Gasteiger partial charge in [-0.1, -0.05) is 157 Å². The van der Waals surface area contributed by atoms with Crippen molar-refractivity contribution in [2.75, 3.05) is 90.4 Å². The summed E-state index contributed by atoms with van der Waals surface area (Å²) in [5.74, 6) is 5.49. The fourth-order valence-corrected chi connectivity index (χ4v) is 17.3. The molecule has 26 heteroatoms. The molecule has 0 saturated heterocycles. The predicted octanol–water partition coefficient (Wildman–Crippen LogP) is 22.1. The van der Waals surface area contributed by atoms with E-state index in [2.05, 4.69) is 136 Å². The predicted molar refractivity (Wildman–Crippen MR) is 434 cm³/mol. The van der Waals surface area contributed by atoms with Crippen molar-refractivity contribution in [1.29, 1.82) is 0 Å². The van der Waals surface area contributed by atoms with Crippen molar-refractivity contribution < 1.29 is 61.7 Å². The van der Waals surface area contributed by atoms with Crippen molar-refractivity contribution in [3.05, 3.63) is 20.1 Å². The molecule has 3 aromatic heterocycles. The summed E-state index contributed by atoms with van der Waals surface area (Å²) in [6.45, 7) is 36.8. The molecule has 9 rings (SSSR count). The first-order chi connectivity index (χ1) is 48.9. The van der Waals surface area contributed by atoms with Crippen molar-refractivity contribution in [3.63, 3.8) is 0 Å². The number of aromatic nitrogens is 8. The standard InChI is InChI=1S/C78H107Cl4N8O9S4.V/c1-39(2)23-31-92-59-47-50(63(67(100-17)55(59)79)96-35-27-43(9)10)73-83-71(47)85-74-51-49(61(94-33-25-41(5)6)58(82)69(102(19)20)65(51)98-37-29-45(13)14)75(87-74)88-78-54-53(62(95-34-26-42(7)8)56(80)68(101-18)64(54)97-36-28-44(11)12)77(90(78)91)89-76-52-48(72(84-73)86-76)60(93-32-24-40(3)4)57(81)70(103(21)22)66(52)99-38-30-46(15)16;/h39-46,91H,23-38H2,1-22H3;/q+1;. The normalized spacial score (nSPS) is 12.3. The topological polar surface area (TPSA) is 190 Å². The molecular formula is C78H107Cl4N8O9S4V+. The van der Waals surface area contributed by atoms with Crippen LogP contribution in [0.2, 0.25) is 20.1 Å². The van der Waals surface area contributed by atoms with Gasteiger partial charge in [-0.3, -0.25) is 0 Å². The van der Waals surface area contributed by atoms with Crippen LogP contribution in [0.25, 0.3) is 89.7 Å². The summed E-state index contributed by atoms with van der Waals surface area (Å²) in [7, 11) is -1.16. The van der Waals surface area contributed by atoms with Gasteiger partial charge in [-0.2, -0.15) is 0 Å². The Balaban J connectivity index is 0.0000137. The van der Waals surface area contributed by atoms with Gasteiger partial charge in [-0.05, 0) is 111 Å². The number of rotatable bonds is 36. The third kappa shape index (κ3) is 18.9. The number of benzene rings is 4. The largest absolute Gasteiger partial charge is 0.492 e. The Kier molecular flexibility index (Phi) is 31.0. The third-order valence-corrected chi connectivity index (χ3v) is 23.6. The Morgan fingerprint density at radius 2 is 0.587 bits per heavy atom. The van der Waals surface area contributed by atoms with Gasteiger partial charge >= 0.3 is 0 Å². The van der Waals surface area contributed by atoms with Crippen LogP contribution in [0.5, 0.6) is 46.0 Å². The summed E-state index contributed by atoms with van der Waals surface area (Å²) < 4.78 is 57.6. The van der Waals surface area contributed by atoms with Gasteiger partial charge in [0.05, 0.1) is 107 Å². The molecule has 0 unspecified atom stereocenters. The molecule has 4 aromatic carbocycles. The SMILES string of the molecule is CSc1c(Cl)c(OCCC(C)C)c2c3nc4nc(nc5c6c(OCCC(C)C)c(SC)c(Cl)c(OCCC(C)C)c6c(nc6nc(nc([n-]3)c2c1OCCC(C)C)-c1c(OCCC(C)C)c(Cl)c([S+](C)C)c(OCCC(C)C)c1-6)n5O)-c1c(OCCC(C)C)c(Cl)c([S+](C)C)c(OCCC(C)C)c1-4.[V]. The maximum Gasteiger partial charge on any atom is 0.219 e. The maximum absolute atomic E-state index is 13.9. The summed E-state index contributed by atoms with van der Waals surface area (Å²) in [6.07, 6.45) is 17.9. The number of hydrogen-bond donors (Lipinski definition) is 1. The van der Waals surface area contributed by atoms with E-state index in [0.717, 1.165) is 4.73 Å². The van der Waals surface area contributed by atoms with Gasteiger partial charge in [-0.15, -0.1) is 28.3 Å². The Bertz CT molecular complexity index is 4380. The third-order valence-electron chi connectivity index (χ3n) is 17.7. The van der Waals surface area contributed by atoms with E-state index in [1.165, 1.54) is 23.5 Å². The van der Waals surface area contributed by atoms with Gasteiger partial charge < -0.3 is 58.1 Å². The maximum atomic E-state index is 13.9. The first-order valence-electron chi connectivity index (χ1n) is 36.2. The molecule has 17 nitrogen and oxygen atoms in total. The van der Waals surface area contributed by atoms with E-state index in [9.17, 15) is 5.21 Å². The Labute approximate surface area is 662 Å². The van der Waals surface area contributed by atoms with E-state index in [0.29, 0.717) is 198 Å². The molecule has 2 aliphatic heterocycles. The van der Waals surface area contributed by atoms with E-state index in [1.807, 2.05) is 12.5 Å². The monoisotopic (exact) mass is 1620 g/mol. The average Bonchev–Trinajstić information content (AvgIpc) is 1.54. The van der Waals surface area contributed by atoms with Crippen molar-refractivity contribution in [1.82, 2.24) is 39.6 Å². The summed E-state index contributed by atoms with van der Waals surface area (Å²) in [4.78, 5) is 42.0. The zero-order valence-corrected chi connectivity index (χ0v) is 72.5. The molecule has 1 radical (unpaired) electrons. The van der Waals surface area contributed by atoms with Crippen molar-refractivity contribution in [2.24, 2.45) is 47.3 Å². The van der Waals surface area contributed by atoms with E-state index >= 15 is 0 Å². The molecule has 8 bridgehead atoms. The molecule has 5 heterocycles. The molecule has 0 aliphatic carbocycles. The Morgan fingerprint density at radius 1 is 0.346 bits per heavy atom. The van der Waals surface area contributed by atoms with Crippen LogP contribution in [0.1, 0.15) is 162 Å². The van der Waals surface area contributed by atoms with Gasteiger partial charge in [-0.25, -0.2) is 19.9 Å². The van der Waals surface area contributed by atoms with Crippen LogP contribution in [0.15, 0.2) is 19.6 Å². The van der Waals surface area contributed by atoms with Crippen molar-refractivity contribution in [3.8, 4) is 91.5 Å². The van der Waals surface area contributed by atoms with Gasteiger partial charge in [0.2, 0.25) is 9.79 Å². The first kappa shape index (κ1) is 85.2. The fraction of sp³-hybridized carbons (Fsp3) is 0.590. The van der Waals surface area contributed by atoms with E-state index in [4.69, 9.17) is 119 Å². The molecule has 7 aromatic rings. The number of ether oxygens (including phenoxy) is 8. The quantitative estimate of drug-likeness (QED) is 0.0221. The summed E-state index contributed by atoms with van der Waals surface area (Å²) in [5, 5.41) is 16.7. The summed E-state index contributed by atoms with van der Waals surface area (Å²) in [5.41, 5.74) is 1.87. The summed E-state index contributed by atoms with van der Waals surface area (Å²) in [6, 6.07) is 0. The van der Waals surface area contributed by atoms with E-state index < -0.39 is 21.8 Å². The second-order valence-corrected chi connectivity index (χ2v) is 37.4. The molecule has 2 aliphatic rings. The van der Waals surface area contributed by atoms with Crippen LogP contribution in [0, 0.1) is 47.3 Å². The van der Waals surface area contributed by atoms with Gasteiger partial charge in [0.1, 0.15) is 62.4 Å². The van der Waals surface area contributed by atoms with Crippen LogP contribution < -0.4 is 42.9 Å². The second kappa shape index (κ2) is 37.8. The van der Waals surface area contributed by atoms with Gasteiger partial charge in [0.25, 0.3) is 0 Å². The smallest absolute Gasteiger partial charge is 0.219 e. The molecule has 0 fully saturated rings. The molecule has 0 amide bonds. The van der Waals surface area contributed by atoms with Crippen molar-refractivity contribution >= 4 is 136 Å².